The normalized spacial score (nSPS) is 10.7. The van der Waals surface area contributed by atoms with Crippen LogP contribution in [0.4, 0.5) is 23.0 Å². The number of anilines is 4. The Kier molecular flexibility index (Phi) is 7.62. The number of amides is 1. The van der Waals surface area contributed by atoms with Crippen LogP contribution in [0.15, 0.2) is 49.4 Å². The number of carbonyl (C=O) groups is 1. The average molecular weight is 451 g/mol. The number of carbonyl (C=O) groups excluding carboxylic acids is 1. The molecule has 0 saturated carbocycles. The minimum absolute atomic E-state index is 0.303. The van der Waals surface area contributed by atoms with E-state index in [0.717, 1.165) is 30.0 Å². The summed E-state index contributed by atoms with van der Waals surface area (Å²) >= 11 is 0. The fourth-order valence-corrected chi connectivity index (χ4v) is 3.16. The van der Waals surface area contributed by atoms with Crippen LogP contribution in [-0.2, 0) is 11.8 Å². The molecule has 174 valence electrons. The highest BCUT2D eigenvalue weighted by Crippen LogP contribution is 2.38. The number of hydrogen-bond donors (Lipinski definition) is 2. The number of benzene rings is 1. The number of nitrogens with one attached hydrogen (secondary N) is 2. The maximum atomic E-state index is 12.1. The van der Waals surface area contributed by atoms with Gasteiger partial charge < -0.3 is 25.2 Å². The van der Waals surface area contributed by atoms with Crippen molar-refractivity contribution in [1.29, 1.82) is 0 Å². The van der Waals surface area contributed by atoms with Crippen molar-refractivity contribution in [2.45, 2.75) is 0 Å². The summed E-state index contributed by atoms with van der Waals surface area (Å²) in [6.07, 6.45) is 6.54. The van der Waals surface area contributed by atoms with Crippen LogP contribution in [0, 0.1) is 0 Å². The van der Waals surface area contributed by atoms with E-state index in [1.165, 1.54) is 6.08 Å². The fraction of sp³-hybridized carbons (Fsp3) is 0.304. The molecule has 0 bridgehead atoms. The van der Waals surface area contributed by atoms with Crippen molar-refractivity contribution in [3.8, 4) is 17.0 Å². The van der Waals surface area contributed by atoms with Gasteiger partial charge in [-0.25, -0.2) is 9.97 Å². The minimum Gasteiger partial charge on any atom is -0.494 e. The molecule has 0 saturated heterocycles. The van der Waals surface area contributed by atoms with Gasteiger partial charge in [0.25, 0.3) is 0 Å². The molecule has 0 aliphatic heterocycles. The van der Waals surface area contributed by atoms with Crippen LogP contribution >= 0.6 is 0 Å². The highest BCUT2D eigenvalue weighted by molar-refractivity contribution is 6.02. The van der Waals surface area contributed by atoms with Crippen molar-refractivity contribution in [3.05, 3.63) is 49.4 Å². The van der Waals surface area contributed by atoms with E-state index in [4.69, 9.17) is 4.74 Å². The lowest BCUT2D eigenvalue weighted by molar-refractivity contribution is -0.111. The zero-order chi connectivity index (χ0) is 24.0. The van der Waals surface area contributed by atoms with Gasteiger partial charge in [-0.3, -0.25) is 9.48 Å². The first kappa shape index (κ1) is 23.7. The molecule has 0 radical (unpaired) electrons. The zero-order valence-electron chi connectivity index (χ0n) is 19.7. The lowest BCUT2D eigenvalue weighted by atomic mass is 10.2. The molecule has 1 amide bonds. The van der Waals surface area contributed by atoms with Crippen LogP contribution < -0.4 is 20.3 Å². The minimum atomic E-state index is -0.303. The Hall–Kier alpha value is -3.92. The smallest absolute Gasteiger partial charge is 0.247 e. The summed E-state index contributed by atoms with van der Waals surface area (Å²) in [5.41, 5.74) is 3.67. The van der Waals surface area contributed by atoms with Gasteiger partial charge in [-0.05, 0) is 32.3 Å². The second-order valence-electron chi connectivity index (χ2n) is 7.78. The molecule has 2 heterocycles. The third kappa shape index (κ3) is 6.07. The molecule has 3 aromatic rings. The molecule has 0 aliphatic carbocycles. The number of ether oxygens (including phenoxy) is 1. The molecule has 33 heavy (non-hydrogen) atoms. The predicted molar refractivity (Wildman–Crippen MR) is 131 cm³/mol. The van der Waals surface area contributed by atoms with Gasteiger partial charge in [-0.15, -0.1) is 0 Å². The molecule has 0 unspecified atom stereocenters. The molecule has 10 nitrogen and oxygen atoms in total. The summed E-state index contributed by atoms with van der Waals surface area (Å²) in [5.74, 6) is 0.682. The second-order valence-corrected chi connectivity index (χ2v) is 7.78. The second kappa shape index (κ2) is 10.6. The Bertz CT molecular complexity index is 1130. The summed E-state index contributed by atoms with van der Waals surface area (Å²) in [6, 6.07) is 5.50. The molecule has 3 rings (SSSR count). The van der Waals surface area contributed by atoms with Gasteiger partial charge in [0, 0.05) is 51.2 Å². The number of rotatable bonds is 10. The lowest BCUT2D eigenvalue weighted by Crippen LogP contribution is -2.29. The Labute approximate surface area is 193 Å². The van der Waals surface area contributed by atoms with Gasteiger partial charge in [0.15, 0.2) is 0 Å². The van der Waals surface area contributed by atoms with E-state index in [1.54, 1.807) is 24.2 Å². The topological polar surface area (TPSA) is 100 Å². The van der Waals surface area contributed by atoms with Crippen LogP contribution in [-0.4, -0.2) is 71.9 Å². The first-order chi connectivity index (χ1) is 15.8. The average Bonchev–Trinajstić information content (AvgIpc) is 3.24. The third-order valence-electron chi connectivity index (χ3n) is 4.96. The van der Waals surface area contributed by atoms with Crippen molar-refractivity contribution >= 4 is 28.9 Å². The monoisotopic (exact) mass is 450 g/mol. The van der Waals surface area contributed by atoms with E-state index in [-0.39, 0.29) is 5.91 Å². The molecule has 2 N–H and O–H groups in total. The Morgan fingerprint density at radius 3 is 2.67 bits per heavy atom. The van der Waals surface area contributed by atoms with Gasteiger partial charge in [0.1, 0.15) is 5.75 Å². The van der Waals surface area contributed by atoms with Gasteiger partial charge in [0.2, 0.25) is 11.9 Å². The molecule has 2 aromatic heterocycles. The van der Waals surface area contributed by atoms with E-state index in [1.807, 2.05) is 52.6 Å². The highest BCUT2D eigenvalue weighted by Gasteiger charge is 2.16. The SMILES string of the molecule is C=CC(=O)Nc1cc(Nc2nccc(-c3cnn(C)c3)n2)c(OC)cc1N(C)CCN(C)C. The maximum Gasteiger partial charge on any atom is 0.247 e. The van der Waals surface area contributed by atoms with E-state index in [0.29, 0.717) is 23.1 Å². The first-order valence-electron chi connectivity index (χ1n) is 10.4. The highest BCUT2D eigenvalue weighted by atomic mass is 16.5. The predicted octanol–water partition coefficient (Wildman–Crippen LogP) is 2.75. The van der Waals surface area contributed by atoms with Gasteiger partial charge >= 0.3 is 0 Å². The molecule has 0 spiro atoms. The summed E-state index contributed by atoms with van der Waals surface area (Å²) < 4.78 is 7.35. The van der Waals surface area contributed by atoms with Crippen molar-refractivity contribution in [2.75, 3.05) is 56.9 Å². The number of methoxy groups -OCH3 is 1. The Balaban J connectivity index is 1.96. The standard InChI is InChI=1S/C23H30N8O2/c1-7-22(32)26-18-12-19(21(33-6)13-20(18)30(4)11-10-29(2)3)28-23-24-9-8-17(27-23)16-14-25-31(5)15-16/h7-9,12-15H,1,10-11H2,2-6H3,(H,26,32)(H,24,27,28). The molecule has 0 fully saturated rings. The third-order valence-corrected chi connectivity index (χ3v) is 4.96. The van der Waals surface area contributed by atoms with E-state index in [2.05, 4.69) is 42.1 Å². The van der Waals surface area contributed by atoms with E-state index >= 15 is 0 Å². The molecule has 0 atom stereocenters. The number of nitrogens with zero attached hydrogens (tertiary/aromatic N) is 6. The summed E-state index contributed by atoms with van der Waals surface area (Å²) in [7, 11) is 9.45. The lowest BCUT2D eigenvalue weighted by Gasteiger charge is -2.26. The van der Waals surface area contributed by atoms with Gasteiger partial charge in [-0.2, -0.15) is 5.10 Å². The molecule has 1 aromatic carbocycles. The van der Waals surface area contributed by atoms with Crippen LogP contribution in [0.1, 0.15) is 0 Å². The van der Waals surface area contributed by atoms with Crippen LogP contribution in [0.25, 0.3) is 11.3 Å². The molecule has 0 aliphatic rings. The van der Waals surface area contributed by atoms with Crippen molar-refractivity contribution < 1.29 is 9.53 Å². The zero-order valence-corrected chi connectivity index (χ0v) is 19.7. The van der Waals surface area contributed by atoms with Gasteiger partial charge in [0.05, 0.1) is 36.1 Å². The van der Waals surface area contributed by atoms with Crippen LogP contribution in [0.2, 0.25) is 0 Å². The van der Waals surface area contributed by atoms with Gasteiger partial charge in [-0.1, -0.05) is 6.58 Å². The number of likely N-dealkylation sites (N-methyl/N-ethyl adjacent to an activating group) is 2. The Morgan fingerprint density at radius 1 is 1.24 bits per heavy atom. The van der Waals surface area contributed by atoms with Crippen LogP contribution in [0.3, 0.4) is 0 Å². The summed E-state index contributed by atoms with van der Waals surface area (Å²) in [6.45, 7) is 5.17. The summed E-state index contributed by atoms with van der Waals surface area (Å²) in [5, 5.41) is 10.3. The number of aromatic nitrogens is 4. The quantitative estimate of drug-likeness (QED) is 0.455. The Morgan fingerprint density at radius 2 is 2.03 bits per heavy atom. The largest absolute Gasteiger partial charge is 0.494 e. The van der Waals surface area contributed by atoms with Crippen molar-refractivity contribution in [2.24, 2.45) is 7.05 Å². The van der Waals surface area contributed by atoms with Crippen LogP contribution in [0.5, 0.6) is 5.75 Å². The van der Waals surface area contributed by atoms with Crippen molar-refractivity contribution in [1.82, 2.24) is 24.6 Å². The van der Waals surface area contributed by atoms with Crippen molar-refractivity contribution in [3.63, 3.8) is 0 Å². The first-order valence-corrected chi connectivity index (χ1v) is 10.4. The molecular formula is C23H30N8O2. The van der Waals surface area contributed by atoms with E-state index < -0.39 is 0 Å². The summed E-state index contributed by atoms with van der Waals surface area (Å²) in [4.78, 5) is 25.2. The fourth-order valence-electron chi connectivity index (χ4n) is 3.16. The molecule has 10 heteroatoms. The maximum absolute atomic E-state index is 12.1. The number of aryl methyl sites for hydroxylation is 1. The molecular weight excluding hydrogens is 420 g/mol. The van der Waals surface area contributed by atoms with E-state index in [9.17, 15) is 4.79 Å². The number of hydrogen-bond acceptors (Lipinski definition) is 8.